The number of nitrogens with zero attached hydrogens (tertiary/aromatic N) is 3. The first-order chi connectivity index (χ1) is 14.8. The first-order valence-electron chi connectivity index (χ1n) is 11.2. The SMILES string of the molecule is Cc1nn(CC(C)C)c(C)c1CCC(=O)Nc1ccccc1CN1CCCC1C(N)=O. The van der Waals surface area contributed by atoms with Gasteiger partial charge in [0.05, 0.1) is 11.7 Å². The summed E-state index contributed by atoms with van der Waals surface area (Å²) in [6.45, 7) is 10.8. The lowest BCUT2D eigenvalue weighted by atomic mass is 10.1. The molecule has 7 nitrogen and oxygen atoms in total. The highest BCUT2D eigenvalue weighted by molar-refractivity contribution is 5.91. The van der Waals surface area contributed by atoms with Crippen LogP contribution in [0.15, 0.2) is 24.3 Å². The minimum atomic E-state index is -0.275. The van der Waals surface area contributed by atoms with Crippen LogP contribution in [0.4, 0.5) is 5.69 Å². The van der Waals surface area contributed by atoms with Crippen molar-refractivity contribution in [1.29, 1.82) is 0 Å². The molecule has 1 fully saturated rings. The average Bonchev–Trinajstić information content (AvgIpc) is 3.26. The van der Waals surface area contributed by atoms with E-state index in [1.165, 1.54) is 0 Å². The average molecular weight is 426 g/mol. The van der Waals surface area contributed by atoms with E-state index in [4.69, 9.17) is 5.73 Å². The number of carbonyl (C=O) groups excluding carboxylic acids is 2. The van der Waals surface area contributed by atoms with Gasteiger partial charge in [0.15, 0.2) is 0 Å². The number of nitrogens with two attached hydrogens (primary N) is 1. The minimum Gasteiger partial charge on any atom is -0.368 e. The Balaban J connectivity index is 1.63. The van der Waals surface area contributed by atoms with E-state index in [0.29, 0.717) is 25.3 Å². The molecule has 168 valence electrons. The van der Waals surface area contributed by atoms with Gasteiger partial charge in [-0.1, -0.05) is 32.0 Å². The number of carbonyl (C=O) groups is 2. The van der Waals surface area contributed by atoms with Gasteiger partial charge in [0.2, 0.25) is 11.8 Å². The van der Waals surface area contributed by atoms with Crippen molar-refractivity contribution in [2.75, 3.05) is 11.9 Å². The molecule has 1 aromatic carbocycles. The van der Waals surface area contributed by atoms with E-state index in [1.54, 1.807) is 0 Å². The van der Waals surface area contributed by atoms with Crippen LogP contribution in [0.2, 0.25) is 0 Å². The van der Waals surface area contributed by atoms with E-state index in [0.717, 1.165) is 54.1 Å². The molecular weight excluding hydrogens is 390 g/mol. The van der Waals surface area contributed by atoms with Crippen LogP contribution in [0.5, 0.6) is 0 Å². The third kappa shape index (κ3) is 5.73. The molecule has 2 amide bonds. The summed E-state index contributed by atoms with van der Waals surface area (Å²) in [5.74, 6) is 0.230. The molecule has 0 spiro atoms. The summed E-state index contributed by atoms with van der Waals surface area (Å²) in [5, 5.41) is 7.71. The fourth-order valence-corrected chi connectivity index (χ4v) is 4.41. The van der Waals surface area contributed by atoms with Crippen LogP contribution in [0.1, 0.15) is 55.6 Å². The second kappa shape index (κ2) is 10.1. The maximum atomic E-state index is 12.7. The Morgan fingerprint density at radius 1 is 1.26 bits per heavy atom. The first-order valence-corrected chi connectivity index (χ1v) is 11.2. The summed E-state index contributed by atoms with van der Waals surface area (Å²) >= 11 is 0. The Labute approximate surface area is 185 Å². The van der Waals surface area contributed by atoms with Gasteiger partial charge in [0.25, 0.3) is 0 Å². The number of aromatic nitrogens is 2. The summed E-state index contributed by atoms with van der Waals surface area (Å²) in [6, 6.07) is 7.56. The highest BCUT2D eigenvalue weighted by Gasteiger charge is 2.29. The minimum absolute atomic E-state index is 0.0178. The number of nitrogens with one attached hydrogen (secondary N) is 1. The van der Waals surface area contributed by atoms with Crippen LogP contribution in [-0.2, 0) is 29.1 Å². The Bertz CT molecular complexity index is 934. The fourth-order valence-electron chi connectivity index (χ4n) is 4.41. The van der Waals surface area contributed by atoms with Gasteiger partial charge in [-0.15, -0.1) is 0 Å². The Hall–Kier alpha value is -2.67. The van der Waals surface area contributed by atoms with Crippen molar-refractivity contribution < 1.29 is 9.59 Å². The van der Waals surface area contributed by atoms with Crippen LogP contribution < -0.4 is 11.1 Å². The molecule has 1 atom stereocenters. The number of aryl methyl sites for hydroxylation is 1. The van der Waals surface area contributed by atoms with Gasteiger partial charge in [-0.3, -0.25) is 19.2 Å². The van der Waals surface area contributed by atoms with Gasteiger partial charge in [0.1, 0.15) is 0 Å². The number of primary amides is 1. The summed E-state index contributed by atoms with van der Waals surface area (Å²) in [7, 11) is 0. The number of para-hydroxylation sites is 1. The van der Waals surface area contributed by atoms with E-state index in [2.05, 4.69) is 36.1 Å². The fraction of sp³-hybridized carbons (Fsp3) is 0.542. The molecule has 2 aromatic rings. The lowest BCUT2D eigenvalue weighted by Crippen LogP contribution is -2.39. The molecule has 2 heterocycles. The van der Waals surface area contributed by atoms with Gasteiger partial charge < -0.3 is 11.1 Å². The van der Waals surface area contributed by atoms with E-state index >= 15 is 0 Å². The number of hydrogen-bond donors (Lipinski definition) is 2. The predicted molar refractivity (Wildman–Crippen MR) is 123 cm³/mol. The standard InChI is InChI=1S/C24H35N5O2/c1-16(2)14-29-18(4)20(17(3)27-29)11-12-23(30)26-21-9-6-5-8-19(21)15-28-13-7-10-22(28)24(25)31/h5-6,8-9,16,22H,7,10-15H2,1-4H3,(H2,25,31)(H,26,30). The molecule has 1 unspecified atom stereocenters. The Morgan fingerprint density at radius 2 is 2.00 bits per heavy atom. The highest BCUT2D eigenvalue weighted by atomic mass is 16.2. The molecule has 3 rings (SSSR count). The largest absolute Gasteiger partial charge is 0.368 e. The third-order valence-corrected chi connectivity index (χ3v) is 6.03. The quantitative estimate of drug-likeness (QED) is 0.645. The monoisotopic (exact) mass is 425 g/mol. The second-order valence-electron chi connectivity index (χ2n) is 8.96. The molecule has 3 N–H and O–H groups in total. The van der Waals surface area contributed by atoms with Crippen LogP contribution in [0, 0.1) is 19.8 Å². The van der Waals surface area contributed by atoms with Crippen molar-refractivity contribution in [2.24, 2.45) is 11.7 Å². The van der Waals surface area contributed by atoms with Crippen molar-refractivity contribution in [3.8, 4) is 0 Å². The van der Waals surface area contributed by atoms with Gasteiger partial charge in [-0.05, 0) is 62.8 Å². The van der Waals surface area contributed by atoms with Gasteiger partial charge in [-0.2, -0.15) is 5.10 Å². The number of amides is 2. The number of hydrogen-bond acceptors (Lipinski definition) is 4. The van der Waals surface area contributed by atoms with E-state index in [-0.39, 0.29) is 17.9 Å². The normalized spacial score (nSPS) is 16.7. The molecule has 1 aromatic heterocycles. The maximum absolute atomic E-state index is 12.7. The molecule has 31 heavy (non-hydrogen) atoms. The number of likely N-dealkylation sites (tertiary alicyclic amines) is 1. The Kier molecular flexibility index (Phi) is 7.49. The van der Waals surface area contributed by atoms with Crippen molar-refractivity contribution in [1.82, 2.24) is 14.7 Å². The molecule has 1 aliphatic heterocycles. The maximum Gasteiger partial charge on any atom is 0.234 e. The molecular formula is C24H35N5O2. The van der Waals surface area contributed by atoms with Gasteiger partial charge in [-0.25, -0.2) is 0 Å². The lowest BCUT2D eigenvalue weighted by Gasteiger charge is -2.23. The van der Waals surface area contributed by atoms with Gasteiger partial charge >= 0.3 is 0 Å². The summed E-state index contributed by atoms with van der Waals surface area (Å²) in [6.07, 6.45) is 2.83. The molecule has 0 aliphatic carbocycles. The van der Waals surface area contributed by atoms with Crippen LogP contribution >= 0.6 is 0 Å². The zero-order valence-corrected chi connectivity index (χ0v) is 19.1. The molecule has 0 saturated carbocycles. The highest BCUT2D eigenvalue weighted by Crippen LogP contribution is 2.24. The topological polar surface area (TPSA) is 93.2 Å². The predicted octanol–water partition coefficient (Wildman–Crippen LogP) is 3.18. The van der Waals surface area contributed by atoms with Gasteiger partial charge in [0, 0.05) is 30.9 Å². The summed E-state index contributed by atoms with van der Waals surface area (Å²) in [4.78, 5) is 26.5. The van der Waals surface area contributed by atoms with Crippen molar-refractivity contribution in [3.05, 3.63) is 46.8 Å². The van der Waals surface area contributed by atoms with E-state index < -0.39 is 0 Å². The molecule has 0 bridgehead atoms. The van der Waals surface area contributed by atoms with Crippen molar-refractivity contribution >= 4 is 17.5 Å². The van der Waals surface area contributed by atoms with Crippen molar-refractivity contribution in [2.45, 2.75) is 72.5 Å². The summed E-state index contributed by atoms with van der Waals surface area (Å²) in [5.41, 5.74) is 10.6. The van der Waals surface area contributed by atoms with Crippen LogP contribution in [-0.4, -0.2) is 39.1 Å². The molecule has 0 radical (unpaired) electrons. The summed E-state index contributed by atoms with van der Waals surface area (Å²) < 4.78 is 2.05. The Morgan fingerprint density at radius 3 is 2.71 bits per heavy atom. The zero-order chi connectivity index (χ0) is 22.5. The van der Waals surface area contributed by atoms with Crippen molar-refractivity contribution in [3.63, 3.8) is 0 Å². The third-order valence-electron chi connectivity index (χ3n) is 6.03. The number of anilines is 1. The molecule has 1 aliphatic rings. The second-order valence-corrected chi connectivity index (χ2v) is 8.96. The van der Waals surface area contributed by atoms with Crippen LogP contribution in [0.25, 0.3) is 0 Å². The lowest BCUT2D eigenvalue weighted by molar-refractivity contribution is -0.122. The van der Waals surface area contributed by atoms with E-state index in [1.807, 2.05) is 35.9 Å². The molecule has 1 saturated heterocycles. The van der Waals surface area contributed by atoms with Crippen LogP contribution in [0.3, 0.4) is 0 Å². The number of rotatable bonds is 9. The molecule has 7 heteroatoms. The zero-order valence-electron chi connectivity index (χ0n) is 19.1. The number of benzene rings is 1. The first kappa shape index (κ1) is 23.0. The smallest absolute Gasteiger partial charge is 0.234 e. The van der Waals surface area contributed by atoms with E-state index in [9.17, 15) is 9.59 Å².